The molecule has 0 saturated carbocycles. The third-order valence-electron chi connectivity index (χ3n) is 3.25. The molecule has 0 amide bonds. The summed E-state index contributed by atoms with van der Waals surface area (Å²) in [6.45, 7) is 4.84. The van der Waals surface area contributed by atoms with Crippen molar-refractivity contribution in [3.05, 3.63) is 29.8 Å². The number of rotatable bonds is 7. The molecule has 0 saturated heterocycles. The highest BCUT2D eigenvalue weighted by Gasteiger charge is 2.27. The van der Waals surface area contributed by atoms with Crippen LogP contribution in [0.5, 0.6) is 0 Å². The SMILES string of the molecule is CCN(C(C)CN(C)C)S(=O)(=O)c1ccc(CC#N)cc1. The minimum Gasteiger partial charge on any atom is -0.308 e. The minimum atomic E-state index is -3.50. The van der Waals surface area contributed by atoms with E-state index in [1.54, 1.807) is 24.3 Å². The fourth-order valence-electron chi connectivity index (χ4n) is 2.34. The zero-order chi connectivity index (χ0) is 16.0. The zero-order valence-electron chi connectivity index (χ0n) is 13.1. The molecule has 6 heteroatoms. The Morgan fingerprint density at radius 3 is 2.24 bits per heavy atom. The van der Waals surface area contributed by atoms with Crippen LogP contribution in [0.2, 0.25) is 0 Å². The highest BCUT2D eigenvalue weighted by molar-refractivity contribution is 7.89. The monoisotopic (exact) mass is 309 g/mol. The molecule has 1 atom stereocenters. The van der Waals surface area contributed by atoms with Gasteiger partial charge in [0.2, 0.25) is 10.0 Å². The summed E-state index contributed by atoms with van der Waals surface area (Å²) in [6.07, 6.45) is 0.287. The molecule has 0 aliphatic heterocycles. The molecule has 0 fully saturated rings. The number of hydrogen-bond acceptors (Lipinski definition) is 4. The smallest absolute Gasteiger partial charge is 0.243 e. The van der Waals surface area contributed by atoms with Crippen LogP contribution in [0.15, 0.2) is 29.2 Å². The van der Waals surface area contributed by atoms with Gasteiger partial charge in [0.15, 0.2) is 0 Å². The van der Waals surface area contributed by atoms with Crippen molar-refractivity contribution in [1.29, 1.82) is 5.26 Å². The maximum absolute atomic E-state index is 12.7. The van der Waals surface area contributed by atoms with Gasteiger partial charge in [-0.25, -0.2) is 8.42 Å². The Balaban J connectivity index is 3.04. The number of likely N-dealkylation sites (N-methyl/N-ethyl adjacent to an activating group) is 2. The number of benzene rings is 1. The molecule has 1 aromatic rings. The lowest BCUT2D eigenvalue weighted by molar-refractivity contribution is 0.271. The second-order valence-corrected chi connectivity index (χ2v) is 7.19. The summed E-state index contributed by atoms with van der Waals surface area (Å²) in [5.74, 6) is 0. The van der Waals surface area contributed by atoms with Gasteiger partial charge in [0.1, 0.15) is 0 Å². The Labute approximate surface area is 127 Å². The molecule has 0 aromatic heterocycles. The summed E-state index contributed by atoms with van der Waals surface area (Å²) in [5.41, 5.74) is 0.820. The van der Waals surface area contributed by atoms with Crippen molar-refractivity contribution in [2.75, 3.05) is 27.2 Å². The third kappa shape index (κ3) is 4.53. The van der Waals surface area contributed by atoms with Crippen LogP contribution < -0.4 is 0 Å². The Morgan fingerprint density at radius 1 is 1.24 bits per heavy atom. The largest absolute Gasteiger partial charge is 0.308 e. The van der Waals surface area contributed by atoms with Crippen LogP contribution in [-0.2, 0) is 16.4 Å². The fourth-order valence-corrected chi connectivity index (χ4v) is 3.98. The first kappa shape index (κ1) is 17.6. The number of nitriles is 1. The second kappa shape index (κ2) is 7.55. The van der Waals surface area contributed by atoms with Crippen LogP contribution in [0.25, 0.3) is 0 Å². The molecule has 21 heavy (non-hydrogen) atoms. The first-order valence-corrected chi connectivity index (χ1v) is 8.39. The lowest BCUT2D eigenvalue weighted by atomic mass is 10.2. The van der Waals surface area contributed by atoms with Gasteiger partial charge in [-0.15, -0.1) is 0 Å². The molecule has 0 spiro atoms. The Kier molecular flexibility index (Phi) is 6.34. The van der Waals surface area contributed by atoms with E-state index >= 15 is 0 Å². The van der Waals surface area contributed by atoms with E-state index in [9.17, 15) is 8.42 Å². The summed E-state index contributed by atoms with van der Waals surface area (Å²) in [6, 6.07) is 8.49. The quantitative estimate of drug-likeness (QED) is 0.769. The molecular weight excluding hydrogens is 286 g/mol. The van der Waals surface area contributed by atoms with Crippen molar-refractivity contribution in [2.45, 2.75) is 31.2 Å². The molecular formula is C15H23N3O2S. The molecule has 0 bridgehead atoms. The van der Waals surface area contributed by atoms with Gasteiger partial charge in [0.05, 0.1) is 17.4 Å². The molecule has 0 N–H and O–H groups in total. The number of nitrogens with zero attached hydrogens (tertiary/aromatic N) is 3. The van der Waals surface area contributed by atoms with Crippen molar-refractivity contribution < 1.29 is 8.42 Å². The summed E-state index contributed by atoms with van der Waals surface area (Å²) in [7, 11) is 0.345. The van der Waals surface area contributed by atoms with Crippen molar-refractivity contribution >= 4 is 10.0 Å². The molecule has 0 aliphatic rings. The van der Waals surface area contributed by atoms with Crippen LogP contribution in [0.3, 0.4) is 0 Å². The average Bonchev–Trinajstić information content (AvgIpc) is 2.39. The lowest BCUT2D eigenvalue weighted by Crippen LogP contribution is -2.43. The Bertz CT molecular complexity index is 588. The van der Waals surface area contributed by atoms with E-state index < -0.39 is 10.0 Å². The predicted molar refractivity (Wildman–Crippen MR) is 83.3 cm³/mol. The maximum atomic E-state index is 12.7. The predicted octanol–water partition coefficient (Wildman–Crippen LogP) is 1.71. The van der Waals surface area contributed by atoms with E-state index in [0.717, 1.165) is 5.56 Å². The lowest BCUT2D eigenvalue weighted by Gasteiger charge is -2.29. The molecule has 1 rings (SSSR count). The van der Waals surface area contributed by atoms with E-state index in [-0.39, 0.29) is 17.4 Å². The normalized spacial score (nSPS) is 13.4. The van der Waals surface area contributed by atoms with Crippen LogP contribution in [-0.4, -0.2) is 50.8 Å². The van der Waals surface area contributed by atoms with Gasteiger partial charge in [-0.2, -0.15) is 9.57 Å². The summed E-state index contributed by atoms with van der Waals surface area (Å²) in [5, 5.41) is 8.65. The topological polar surface area (TPSA) is 64.4 Å². The highest BCUT2D eigenvalue weighted by atomic mass is 32.2. The zero-order valence-corrected chi connectivity index (χ0v) is 13.9. The molecule has 0 heterocycles. The molecule has 116 valence electrons. The van der Waals surface area contributed by atoms with Crippen molar-refractivity contribution in [3.63, 3.8) is 0 Å². The van der Waals surface area contributed by atoms with Gasteiger partial charge in [-0.3, -0.25) is 0 Å². The first-order chi connectivity index (χ1) is 9.82. The van der Waals surface area contributed by atoms with Crippen molar-refractivity contribution in [3.8, 4) is 6.07 Å². The van der Waals surface area contributed by atoms with Gasteiger partial charge < -0.3 is 4.90 Å². The second-order valence-electron chi connectivity index (χ2n) is 5.30. The average molecular weight is 309 g/mol. The minimum absolute atomic E-state index is 0.103. The number of hydrogen-bond donors (Lipinski definition) is 0. The van der Waals surface area contributed by atoms with Gasteiger partial charge >= 0.3 is 0 Å². The van der Waals surface area contributed by atoms with E-state index in [1.165, 1.54) is 4.31 Å². The van der Waals surface area contributed by atoms with E-state index in [4.69, 9.17) is 5.26 Å². The van der Waals surface area contributed by atoms with E-state index in [2.05, 4.69) is 6.07 Å². The Hall–Kier alpha value is -1.42. The summed E-state index contributed by atoms with van der Waals surface area (Å²) in [4.78, 5) is 2.25. The van der Waals surface area contributed by atoms with Crippen molar-refractivity contribution in [1.82, 2.24) is 9.21 Å². The molecule has 5 nitrogen and oxygen atoms in total. The van der Waals surface area contributed by atoms with E-state index in [1.807, 2.05) is 32.8 Å². The first-order valence-electron chi connectivity index (χ1n) is 6.95. The van der Waals surface area contributed by atoms with Gasteiger partial charge in [0, 0.05) is 19.1 Å². The standard InChI is InChI=1S/C15H23N3O2S/c1-5-18(13(2)12-17(3)4)21(19,20)15-8-6-14(7-9-15)10-11-16/h6-9,13H,5,10,12H2,1-4H3. The molecule has 0 aliphatic carbocycles. The molecule has 0 radical (unpaired) electrons. The highest BCUT2D eigenvalue weighted by Crippen LogP contribution is 2.19. The fraction of sp³-hybridized carbons (Fsp3) is 0.533. The van der Waals surface area contributed by atoms with Gasteiger partial charge in [0.25, 0.3) is 0 Å². The summed E-state index contributed by atoms with van der Waals surface area (Å²) < 4.78 is 26.9. The van der Waals surface area contributed by atoms with Gasteiger partial charge in [-0.1, -0.05) is 19.1 Å². The number of sulfonamides is 1. The Morgan fingerprint density at radius 2 is 1.81 bits per heavy atom. The third-order valence-corrected chi connectivity index (χ3v) is 5.35. The van der Waals surface area contributed by atoms with Gasteiger partial charge in [-0.05, 0) is 38.7 Å². The van der Waals surface area contributed by atoms with Crippen LogP contribution in [0.1, 0.15) is 19.4 Å². The molecule has 1 aromatic carbocycles. The van der Waals surface area contributed by atoms with Crippen LogP contribution in [0.4, 0.5) is 0 Å². The van der Waals surface area contributed by atoms with E-state index in [0.29, 0.717) is 13.1 Å². The molecule has 1 unspecified atom stereocenters. The van der Waals surface area contributed by atoms with Crippen LogP contribution in [0, 0.1) is 11.3 Å². The summed E-state index contributed by atoms with van der Waals surface area (Å²) >= 11 is 0. The van der Waals surface area contributed by atoms with Crippen molar-refractivity contribution in [2.24, 2.45) is 0 Å². The maximum Gasteiger partial charge on any atom is 0.243 e. The van der Waals surface area contributed by atoms with Crippen LogP contribution >= 0.6 is 0 Å².